The molecule has 0 radical (unpaired) electrons. The molecule has 2 atom stereocenters. The number of allylic oxidation sites excluding steroid dienone is 5. The number of rotatable bonds is 51. The number of nitrogens with one attached hydrogen (secondary N) is 1. The summed E-state index contributed by atoms with van der Waals surface area (Å²) < 4.78 is 5.45. The topological polar surface area (TPSA) is 95.9 Å². The van der Waals surface area contributed by atoms with Crippen molar-refractivity contribution < 1.29 is 24.5 Å². The van der Waals surface area contributed by atoms with E-state index in [4.69, 9.17) is 4.74 Å². The minimum absolute atomic E-state index is 0.0385. The average Bonchev–Trinajstić information content (AvgIpc) is 3.28. The van der Waals surface area contributed by atoms with Gasteiger partial charge in [0.25, 0.3) is 0 Å². The molecule has 0 spiro atoms. The van der Waals surface area contributed by atoms with Crippen LogP contribution in [0.2, 0.25) is 0 Å². The van der Waals surface area contributed by atoms with Crippen molar-refractivity contribution in [2.45, 2.75) is 302 Å². The highest BCUT2D eigenvalue weighted by atomic mass is 16.5. The van der Waals surface area contributed by atoms with Crippen LogP contribution in [0.15, 0.2) is 36.5 Å². The van der Waals surface area contributed by atoms with E-state index < -0.39 is 12.1 Å². The van der Waals surface area contributed by atoms with E-state index >= 15 is 0 Å². The summed E-state index contributed by atoms with van der Waals surface area (Å²) in [6.07, 6.45) is 64.5. The van der Waals surface area contributed by atoms with E-state index in [1.165, 1.54) is 193 Å². The molecule has 0 aromatic heterocycles. The van der Waals surface area contributed by atoms with Crippen molar-refractivity contribution in [1.82, 2.24) is 5.32 Å². The summed E-state index contributed by atoms with van der Waals surface area (Å²) in [6.45, 7) is 4.82. The molecule has 0 fully saturated rings. The summed E-state index contributed by atoms with van der Waals surface area (Å²) >= 11 is 0. The lowest BCUT2D eigenvalue weighted by molar-refractivity contribution is -0.143. The lowest BCUT2D eigenvalue weighted by Crippen LogP contribution is -2.45. The number of hydrogen-bond acceptors (Lipinski definition) is 5. The number of esters is 1. The molecule has 370 valence electrons. The predicted molar refractivity (Wildman–Crippen MR) is 273 cm³/mol. The Bertz CT molecular complexity index is 1020. The number of unbranched alkanes of at least 4 members (excludes halogenated alkanes) is 36. The first kappa shape index (κ1) is 61.1. The highest BCUT2D eigenvalue weighted by Crippen LogP contribution is 2.16. The Morgan fingerprint density at radius 2 is 0.762 bits per heavy atom. The van der Waals surface area contributed by atoms with E-state index in [-0.39, 0.29) is 18.5 Å². The third-order valence-electron chi connectivity index (χ3n) is 12.6. The molecule has 3 N–H and O–H groups in total. The van der Waals surface area contributed by atoms with Gasteiger partial charge in [0.1, 0.15) is 0 Å². The lowest BCUT2D eigenvalue weighted by atomic mass is 10.0. The SMILES string of the molecule is CCCCCCCC/C=C\CCCCCCCCCCCC(=O)OCCCCCC/C=C\CCCC(=O)NC(CO)C(O)/C=C/CCCCCCCCCCCCCCCCCC. The summed E-state index contributed by atoms with van der Waals surface area (Å²) in [5, 5.41) is 23.1. The van der Waals surface area contributed by atoms with Gasteiger partial charge in [0.05, 0.1) is 25.4 Å². The molecule has 0 aliphatic carbocycles. The average molecular weight is 886 g/mol. The molecule has 0 saturated carbocycles. The fourth-order valence-corrected chi connectivity index (χ4v) is 8.34. The number of amides is 1. The summed E-state index contributed by atoms with van der Waals surface area (Å²) in [7, 11) is 0. The molecule has 0 rings (SSSR count). The molecule has 0 aliphatic heterocycles. The van der Waals surface area contributed by atoms with Crippen LogP contribution >= 0.6 is 0 Å². The minimum Gasteiger partial charge on any atom is -0.466 e. The second-order valence-corrected chi connectivity index (χ2v) is 18.9. The normalized spacial score (nSPS) is 12.9. The van der Waals surface area contributed by atoms with Gasteiger partial charge in [0.2, 0.25) is 5.91 Å². The zero-order valence-electron chi connectivity index (χ0n) is 42.1. The number of hydrogen-bond donors (Lipinski definition) is 3. The summed E-state index contributed by atoms with van der Waals surface area (Å²) in [4.78, 5) is 24.5. The van der Waals surface area contributed by atoms with Gasteiger partial charge in [-0.05, 0) is 77.0 Å². The van der Waals surface area contributed by atoms with Gasteiger partial charge < -0.3 is 20.3 Å². The van der Waals surface area contributed by atoms with Crippen molar-refractivity contribution in [2.75, 3.05) is 13.2 Å². The highest BCUT2D eigenvalue weighted by molar-refractivity contribution is 5.76. The first-order valence-corrected chi connectivity index (χ1v) is 27.8. The van der Waals surface area contributed by atoms with Gasteiger partial charge in [-0.1, -0.05) is 237 Å². The van der Waals surface area contributed by atoms with E-state index in [2.05, 4.69) is 43.5 Å². The van der Waals surface area contributed by atoms with Gasteiger partial charge in [-0.3, -0.25) is 9.59 Å². The molecule has 1 amide bonds. The molecule has 0 aromatic rings. The van der Waals surface area contributed by atoms with Crippen molar-refractivity contribution in [3.8, 4) is 0 Å². The Labute approximate surface area is 392 Å². The van der Waals surface area contributed by atoms with Gasteiger partial charge in [-0.15, -0.1) is 0 Å². The molecule has 0 heterocycles. The summed E-state index contributed by atoms with van der Waals surface area (Å²) in [5.74, 6) is -0.166. The number of aliphatic hydroxyl groups excluding tert-OH is 2. The van der Waals surface area contributed by atoms with Crippen molar-refractivity contribution in [1.29, 1.82) is 0 Å². The Morgan fingerprint density at radius 1 is 0.429 bits per heavy atom. The summed E-state index contributed by atoms with van der Waals surface area (Å²) in [6, 6.07) is -0.666. The number of carbonyl (C=O) groups is 2. The molecule has 0 saturated heterocycles. The second-order valence-electron chi connectivity index (χ2n) is 18.9. The molecule has 6 nitrogen and oxygen atoms in total. The Kier molecular flexibility index (Phi) is 51.1. The zero-order chi connectivity index (χ0) is 45.8. The largest absolute Gasteiger partial charge is 0.466 e. The van der Waals surface area contributed by atoms with Crippen molar-refractivity contribution in [3.05, 3.63) is 36.5 Å². The third-order valence-corrected chi connectivity index (χ3v) is 12.6. The maximum Gasteiger partial charge on any atom is 0.305 e. The van der Waals surface area contributed by atoms with Gasteiger partial charge in [0, 0.05) is 12.8 Å². The van der Waals surface area contributed by atoms with E-state index in [1.54, 1.807) is 6.08 Å². The van der Waals surface area contributed by atoms with E-state index in [1.807, 2.05) is 6.08 Å². The Hall–Kier alpha value is -1.92. The van der Waals surface area contributed by atoms with Gasteiger partial charge >= 0.3 is 5.97 Å². The fraction of sp³-hybridized carbons (Fsp3) is 0.860. The molecular formula is C57H107NO5. The standard InChI is InChI=1S/C57H107NO5/c1-3-5-7-9-11-13-15-17-19-21-23-25-27-29-31-35-39-43-47-51-57(62)63-52-48-44-40-36-32-34-38-42-46-50-56(61)58-54(53-59)55(60)49-45-41-37-33-30-28-26-24-22-20-18-16-14-12-10-8-6-4-2/h17,19,34,38,45,49,54-55,59-60H,3-16,18,20-33,35-37,39-44,46-48,50-53H2,1-2H3,(H,58,61)/b19-17-,38-34-,49-45+. The molecule has 6 heteroatoms. The maximum absolute atomic E-state index is 12.4. The zero-order valence-corrected chi connectivity index (χ0v) is 42.1. The second kappa shape index (κ2) is 52.7. The van der Waals surface area contributed by atoms with Crippen molar-refractivity contribution in [3.63, 3.8) is 0 Å². The molecular weight excluding hydrogens is 779 g/mol. The highest BCUT2D eigenvalue weighted by Gasteiger charge is 2.18. The van der Waals surface area contributed by atoms with Crippen LogP contribution in [0.3, 0.4) is 0 Å². The molecule has 2 unspecified atom stereocenters. The first-order chi connectivity index (χ1) is 31.0. The fourth-order valence-electron chi connectivity index (χ4n) is 8.34. The van der Waals surface area contributed by atoms with Crippen LogP contribution in [-0.4, -0.2) is 47.4 Å². The predicted octanol–water partition coefficient (Wildman–Crippen LogP) is 16.9. The molecule has 0 bridgehead atoms. The van der Waals surface area contributed by atoms with Gasteiger partial charge in [-0.2, -0.15) is 0 Å². The van der Waals surface area contributed by atoms with Crippen molar-refractivity contribution >= 4 is 11.9 Å². The lowest BCUT2D eigenvalue weighted by Gasteiger charge is -2.19. The molecule has 0 aliphatic rings. The smallest absolute Gasteiger partial charge is 0.305 e. The quantitative estimate of drug-likeness (QED) is 0.0321. The van der Waals surface area contributed by atoms with E-state index in [0.29, 0.717) is 19.4 Å². The number of aliphatic hydroxyl groups is 2. The monoisotopic (exact) mass is 886 g/mol. The minimum atomic E-state index is -0.876. The van der Waals surface area contributed by atoms with Crippen molar-refractivity contribution in [2.24, 2.45) is 0 Å². The first-order valence-electron chi connectivity index (χ1n) is 27.8. The van der Waals surface area contributed by atoms with Gasteiger partial charge in [0.15, 0.2) is 0 Å². The van der Waals surface area contributed by atoms with E-state index in [0.717, 1.165) is 70.6 Å². The summed E-state index contributed by atoms with van der Waals surface area (Å²) in [5.41, 5.74) is 0. The van der Waals surface area contributed by atoms with Crippen LogP contribution in [0, 0.1) is 0 Å². The molecule has 63 heavy (non-hydrogen) atoms. The van der Waals surface area contributed by atoms with Crippen LogP contribution in [-0.2, 0) is 14.3 Å². The Morgan fingerprint density at radius 3 is 1.16 bits per heavy atom. The van der Waals surface area contributed by atoms with Crippen LogP contribution in [0.1, 0.15) is 290 Å². The van der Waals surface area contributed by atoms with Crippen LogP contribution in [0.5, 0.6) is 0 Å². The van der Waals surface area contributed by atoms with Crippen LogP contribution in [0.4, 0.5) is 0 Å². The number of ether oxygens (including phenoxy) is 1. The third kappa shape index (κ3) is 49.4. The van der Waals surface area contributed by atoms with Crippen LogP contribution in [0.25, 0.3) is 0 Å². The number of carbonyl (C=O) groups excluding carboxylic acids is 2. The Balaban J connectivity index is 3.55. The van der Waals surface area contributed by atoms with E-state index in [9.17, 15) is 19.8 Å². The van der Waals surface area contributed by atoms with Crippen LogP contribution < -0.4 is 5.32 Å². The van der Waals surface area contributed by atoms with Gasteiger partial charge in [-0.25, -0.2) is 0 Å². The maximum atomic E-state index is 12.4. The molecule has 0 aromatic carbocycles.